The van der Waals surface area contributed by atoms with Crippen LogP contribution in [-0.2, 0) is 0 Å². The van der Waals surface area contributed by atoms with Gasteiger partial charge < -0.3 is 15.3 Å². The number of H-pyrrole nitrogens is 2. The van der Waals surface area contributed by atoms with E-state index in [-0.39, 0.29) is 5.56 Å². The van der Waals surface area contributed by atoms with Gasteiger partial charge in [0.15, 0.2) is 5.82 Å². The molecule has 3 heterocycles. The van der Waals surface area contributed by atoms with E-state index in [2.05, 4.69) is 20.3 Å². The highest BCUT2D eigenvalue weighted by Gasteiger charge is 2.18. The van der Waals surface area contributed by atoms with Crippen LogP contribution in [0.15, 0.2) is 65.8 Å². The molecule has 5 nitrogen and oxygen atoms in total. The minimum absolute atomic E-state index is 0.247. The zero-order valence-electron chi connectivity index (χ0n) is 12.5. The third kappa shape index (κ3) is 2.34. The minimum atomic E-state index is -0.461. The molecule has 0 unspecified atom stereocenters. The van der Waals surface area contributed by atoms with Crippen LogP contribution in [0.1, 0.15) is 0 Å². The van der Waals surface area contributed by atoms with Gasteiger partial charge in [-0.1, -0.05) is 18.2 Å². The summed E-state index contributed by atoms with van der Waals surface area (Å²) in [5.74, 6) is -0.461. The summed E-state index contributed by atoms with van der Waals surface area (Å²) in [5, 5.41) is 3.68. The number of nitrogens with zero attached hydrogens (tertiary/aromatic N) is 1. The van der Waals surface area contributed by atoms with Crippen molar-refractivity contribution in [1.29, 1.82) is 0 Å². The molecule has 118 valence electrons. The van der Waals surface area contributed by atoms with Crippen molar-refractivity contribution in [2.75, 3.05) is 5.32 Å². The summed E-state index contributed by atoms with van der Waals surface area (Å²) in [7, 11) is 0. The number of nitrogens with one attached hydrogen (secondary N) is 3. The van der Waals surface area contributed by atoms with Crippen LogP contribution in [0.25, 0.3) is 22.2 Å². The van der Waals surface area contributed by atoms with Crippen LogP contribution in [-0.4, -0.2) is 15.0 Å². The predicted molar refractivity (Wildman–Crippen MR) is 91.8 cm³/mol. The maximum Gasteiger partial charge on any atom is 0.259 e. The lowest BCUT2D eigenvalue weighted by atomic mass is 10.1. The van der Waals surface area contributed by atoms with Crippen molar-refractivity contribution >= 4 is 22.3 Å². The van der Waals surface area contributed by atoms with Crippen molar-refractivity contribution in [3.05, 3.63) is 77.2 Å². The summed E-state index contributed by atoms with van der Waals surface area (Å²) in [5.41, 5.74) is 2.57. The molecule has 0 aliphatic heterocycles. The fourth-order valence-electron chi connectivity index (χ4n) is 2.72. The van der Waals surface area contributed by atoms with E-state index in [0.717, 1.165) is 11.9 Å². The molecule has 4 rings (SSSR count). The van der Waals surface area contributed by atoms with Gasteiger partial charge in [-0.05, 0) is 24.3 Å². The molecule has 24 heavy (non-hydrogen) atoms. The van der Waals surface area contributed by atoms with Crippen LogP contribution >= 0.6 is 0 Å². The molecule has 1 aromatic carbocycles. The third-order valence-electron chi connectivity index (χ3n) is 3.81. The van der Waals surface area contributed by atoms with Crippen LogP contribution in [0.3, 0.4) is 0 Å². The molecule has 0 radical (unpaired) electrons. The number of pyridine rings is 2. The number of aromatic amines is 2. The molecular formula is C18H13FN4O. The second-order valence-electron chi connectivity index (χ2n) is 5.32. The maximum atomic E-state index is 14.2. The smallest absolute Gasteiger partial charge is 0.259 e. The first-order valence-corrected chi connectivity index (χ1v) is 7.39. The van der Waals surface area contributed by atoms with Gasteiger partial charge in [0.2, 0.25) is 0 Å². The largest absolute Gasteiger partial charge is 0.353 e. The third-order valence-corrected chi connectivity index (χ3v) is 3.81. The zero-order chi connectivity index (χ0) is 16.5. The van der Waals surface area contributed by atoms with Gasteiger partial charge in [-0.25, -0.2) is 4.39 Å². The standard InChI is InChI=1S/C18H13FN4O/c19-13-10-20-8-6-12(13)16-17(22-11-4-2-1-3-5-11)15-14(23-16)7-9-21-18(15)24/h1-10,22-23H,(H,21,24). The summed E-state index contributed by atoms with van der Waals surface area (Å²) < 4.78 is 14.2. The SMILES string of the molecule is O=c1[nH]ccc2[nH]c(-c3ccncc3F)c(Nc3ccccc3)c12. The summed E-state index contributed by atoms with van der Waals surface area (Å²) >= 11 is 0. The molecule has 0 fully saturated rings. The Kier molecular flexibility index (Phi) is 3.35. The average Bonchev–Trinajstić information content (AvgIpc) is 2.96. The lowest BCUT2D eigenvalue weighted by molar-refractivity contribution is 0.624. The van der Waals surface area contributed by atoms with Gasteiger partial charge in [-0.3, -0.25) is 9.78 Å². The molecule has 3 N–H and O–H groups in total. The highest BCUT2D eigenvalue weighted by molar-refractivity contribution is 6.02. The fourth-order valence-corrected chi connectivity index (χ4v) is 2.72. The van der Waals surface area contributed by atoms with Crippen LogP contribution in [0.4, 0.5) is 15.8 Å². The van der Waals surface area contributed by atoms with E-state index in [1.165, 1.54) is 6.20 Å². The highest BCUT2D eigenvalue weighted by atomic mass is 19.1. The van der Waals surface area contributed by atoms with Crippen LogP contribution in [0.2, 0.25) is 0 Å². The lowest BCUT2D eigenvalue weighted by Crippen LogP contribution is -2.05. The molecule has 0 atom stereocenters. The zero-order valence-corrected chi connectivity index (χ0v) is 12.5. The van der Waals surface area contributed by atoms with Gasteiger partial charge in [0, 0.05) is 23.6 Å². The van der Waals surface area contributed by atoms with Gasteiger partial charge >= 0.3 is 0 Å². The monoisotopic (exact) mass is 320 g/mol. The number of benzene rings is 1. The van der Waals surface area contributed by atoms with Crippen LogP contribution < -0.4 is 10.9 Å². The molecule has 0 spiro atoms. The van der Waals surface area contributed by atoms with Crippen LogP contribution in [0, 0.1) is 5.82 Å². The lowest BCUT2D eigenvalue weighted by Gasteiger charge is -2.09. The number of para-hydroxylation sites is 1. The molecule has 6 heteroatoms. The summed E-state index contributed by atoms with van der Waals surface area (Å²) in [4.78, 5) is 21.9. The Morgan fingerprint density at radius 2 is 1.92 bits per heavy atom. The van der Waals surface area contributed by atoms with E-state index in [1.54, 1.807) is 18.3 Å². The van der Waals surface area contributed by atoms with Gasteiger partial charge in [-0.15, -0.1) is 0 Å². The highest BCUT2D eigenvalue weighted by Crippen LogP contribution is 2.35. The summed E-state index contributed by atoms with van der Waals surface area (Å²) in [6.07, 6.45) is 4.22. The molecule has 0 bridgehead atoms. The Labute approximate surface area is 136 Å². The van der Waals surface area contributed by atoms with Crippen molar-refractivity contribution < 1.29 is 4.39 Å². The van der Waals surface area contributed by atoms with E-state index in [9.17, 15) is 9.18 Å². The fraction of sp³-hybridized carbons (Fsp3) is 0. The summed E-state index contributed by atoms with van der Waals surface area (Å²) in [6, 6.07) is 12.7. The molecule has 0 saturated heterocycles. The van der Waals surface area contributed by atoms with Gasteiger partial charge in [-0.2, -0.15) is 0 Å². The average molecular weight is 320 g/mol. The first kappa shape index (κ1) is 14.2. The normalized spacial score (nSPS) is 10.9. The maximum absolute atomic E-state index is 14.2. The Morgan fingerprint density at radius 1 is 1.08 bits per heavy atom. The van der Waals surface area contributed by atoms with E-state index in [0.29, 0.717) is 27.8 Å². The van der Waals surface area contributed by atoms with E-state index in [1.807, 2.05) is 30.3 Å². The topological polar surface area (TPSA) is 73.6 Å². The van der Waals surface area contributed by atoms with E-state index >= 15 is 0 Å². The number of aromatic nitrogens is 3. The second kappa shape index (κ2) is 5.66. The van der Waals surface area contributed by atoms with Crippen molar-refractivity contribution in [1.82, 2.24) is 15.0 Å². The number of hydrogen-bond acceptors (Lipinski definition) is 3. The number of hydrogen-bond donors (Lipinski definition) is 3. The molecular weight excluding hydrogens is 307 g/mol. The molecule has 3 aromatic heterocycles. The van der Waals surface area contributed by atoms with Crippen molar-refractivity contribution in [2.45, 2.75) is 0 Å². The Bertz CT molecular complexity index is 1070. The van der Waals surface area contributed by atoms with Crippen molar-refractivity contribution in [2.24, 2.45) is 0 Å². The number of anilines is 2. The Morgan fingerprint density at radius 3 is 2.71 bits per heavy atom. The van der Waals surface area contributed by atoms with Crippen LogP contribution in [0.5, 0.6) is 0 Å². The first-order chi connectivity index (χ1) is 11.7. The van der Waals surface area contributed by atoms with E-state index < -0.39 is 5.82 Å². The molecule has 0 amide bonds. The van der Waals surface area contributed by atoms with E-state index in [4.69, 9.17) is 0 Å². The Balaban J connectivity index is 2.00. The minimum Gasteiger partial charge on any atom is -0.353 e. The number of halogens is 1. The first-order valence-electron chi connectivity index (χ1n) is 7.39. The quantitative estimate of drug-likeness (QED) is 0.537. The predicted octanol–water partition coefficient (Wildman–Crippen LogP) is 3.80. The van der Waals surface area contributed by atoms with Gasteiger partial charge in [0.1, 0.15) is 0 Å². The molecule has 0 aliphatic carbocycles. The van der Waals surface area contributed by atoms with Gasteiger partial charge in [0.05, 0.1) is 28.5 Å². The molecule has 0 aliphatic rings. The number of fused-ring (bicyclic) bond motifs is 1. The van der Waals surface area contributed by atoms with Crippen molar-refractivity contribution in [3.63, 3.8) is 0 Å². The number of rotatable bonds is 3. The van der Waals surface area contributed by atoms with Gasteiger partial charge in [0.25, 0.3) is 5.56 Å². The second-order valence-corrected chi connectivity index (χ2v) is 5.32. The molecule has 4 aromatic rings. The van der Waals surface area contributed by atoms with Crippen molar-refractivity contribution in [3.8, 4) is 11.3 Å². The molecule has 0 saturated carbocycles. The Hall–Kier alpha value is -3.41. The summed E-state index contributed by atoms with van der Waals surface area (Å²) in [6.45, 7) is 0.